The van der Waals surface area contributed by atoms with Crippen molar-refractivity contribution >= 4 is 11.9 Å². The lowest BCUT2D eigenvalue weighted by Gasteiger charge is -2.12. The molecule has 0 saturated carbocycles. The maximum absolute atomic E-state index is 12.1. The van der Waals surface area contributed by atoms with Gasteiger partial charge in [-0.25, -0.2) is 4.98 Å². The largest absolute Gasteiger partial charge is 0.491 e. The van der Waals surface area contributed by atoms with Crippen molar-refractivity contribution in [3.63, 3.8) is 0 Å². The Labute approximate surface area is 169 Å². The molecule has 7 heteroatoms. The first kappa shape index (κ1) is 20.1. The highest BCUT2D eigenvalue weighted by Crippen LogP contribution is 2.33. The molecule has 0 unspecified atom stereocenters. The molecule has 0 radical (unpaired) electrons. The molecule has 4 rings (SSSR count). The van der Waals surface area contributed by atoms with E-state index in [-0.39, 0.29) is 5.91 Å². The number of carboxylic acid groups (broad SMARTS) is 1. The van der Waals surface area contributed by atoms with E-state index in [0.717, 1.165) is 41.5 Å². The van der Waals surface area contributed by atoms with Crippen molar-refractivity contribution in [3.8, 4) is 16.9 Å². The van der Waals surface area contributed by atoms with Gasteiger partial charge in [0, 0.05) is 44.0 Å². The van der Waals surface area contributed by atoms with Crippen LogP contribution in [0.5, 0.6) is 5.75 Å². The summed E-state index contributed by atoms with van der Waals surface area (Å²) in [6.07, 6.45) is 5.46. The maximum atomic E-state index is 12.1. The summed E-state index contributed by atoms with van der Waals surface area (Å²) in [5.74, 6) is 0.103. The maximum Gasteiger partial charge on any atom is 0.300 e. The number of ether oxygens (including phenoxy) is 1. The third-order valence-corrected chi connectivity index (χ3v) is 4.45. The summed E-state index contributed by atoms with van der Waals surface area (Å²) in [7, 11) is 1.83. The molecule has 0 atom stereocenters. The summed E-state index contributed by atoms with van der Waals surface area (Å²) in [5, 5.41) is 7.42. The molecule has 3 aromatic rings. The predicted molar refractivity (Wildman–Crippen MR) is 109 cm³/mol. The first-order valence-corrected chi connectivity index (χ1v) is 9.21. The fourth-order valence-corrected chi connectivity index (χ4v) is 3.14. The van der Waals surface area contributed by atoms with Crippen molar-refractivity contribution in [2.75, 3.05) is 13.7 Å². The molecule has 7 nitrogen and oxygen atoms in total. The Kier molecular flexibility index (Phi) is 6.29. The lowest BCUT2D eigenvalue weighted by molar-refractivity contribution is -0.134. The van der Waals surface area contributed by atoms with Crippen LogP contribution >= 0.6 is 0 Å². The van der Waals surface area contributed by atoms with E-state index in [0.29, 0.717) is 13.2 Å². The van der Waals surface area contributed by atoms with Crippen LogP contribution in [0.2, 0.25) is 0 Å². The monoisotopic (exact) mass is 393 g/mol. The van der Waals surface area contributed by atoms with Gasteiger partial charge in [-0.1, -0.05) is 24.3 Å². The minimum atomic E-state index is -0.833. The Hall–Kier alpha value is -3.61. The Bertz CT molecular complexity index is 995. The zero-order chi connectivity index (χ0) is 20.8. The van der Waals surface area contributed by atoms with Crippen LogP contribution in [0.15, 0.2) is 61.2 Å². The van der Waals surface area contributed by atoms with E-state index < -0.39 is 5.97 Å². The number of rotatable bonds is 5. The van der Waals surface area contributed by atoms with Crippen LogP contribution in [0.1, 0.15) is 22.8 Å². The quantitative estimate of drug-likeness (QED) is 0.719. The number of aliphatic carboxylic acids is 1. The summed E-state index contributed by atoms with van der Waals surface area (Å²) in [6, 6.07) is 14.0. The summed E-state index contributed by atoms with van der Waals surface area (Å²) in [4.78, 5) is 26.8. The fraction of sp³-hybridized carbons (Fsp3) is 0.227. The van der Waals surface area contributed by atoms with E-state index in [4.69, 9.17) is 14.6 Å². The molecule has 0 aliphatic carbocycles. The number of hydrogen-bond acceptors (Lipinski definition) is 4. The third-order valence-electron chi connectivity index (χ3n) is 4.45. The van der Waals surface area contributed by atoms with Crippen LogP contribution in [0.4, 0.5) is 0 Å². The molecule has 0 bridgehead atoms. The lowest BCUT2D eigenvalue weighted by Crippen LogP contribution is -2.17. The summed E-state index contributed by atoms with van der Waals surface area (Å²) >= 11 is 0. The Morgan fingerprint density at radius 3 is 2.69 bits per heavy atom. The van der Waals surface area contributed by atoms with E-state index in [1.54, 1.807) is 17.4 Å². The molecule has 1 N–H and O–H groups in total. The molecule has 2 aromatic carbocycles. The van der Waals surface area contributed by atoms with E-state index in [9.17, 15) is 4.79 Å². The number of hydrogen-bond donors (Lipinski definition) is 1. The number of aromatic nitrogens is 2. The molecular formula is C22H23N3O4. The van der Waals surface area contributed by atoms with Crippen molar-refractivity contribution in [2.45, 2.75) is 20.0 Å². The van der Waals surface area contributed by atoms with Crippen molar-refractivity contribution in [3.05, 3.63) is 72.3 Å². The lowest BCUT2D eigenvalue weighted by atomic mass is 10.00. The Balaban J connectivity index is 0.000000552. The second-order valence-electron chi connectivity index (χ2n) is 6.70. The topological polar surface area (TPSA) is 84.7 Å². The smallest absolute Gasteiger partial charge is 0.300 e. The van der Waals surface area contributed by atoms with Crippen LogP contribution in [0, 0.1) is 0 Å². The highest BCUT2D eigenvalue weighted by Gasteiger charge is 2.24. The second-order valence-corrected chi connectivity index (χ2v) is 6.70. The zero-order valence-corrected chi connectivity index (χ0v) is 16.4. The normalized spacial score (nSPS) is 12.2. The highest BCUT2D eigenvalue weighted by molar-refractivity contribution is 5.98. The third kappa shape index (κ3) is 5.01. The van der Waals surface area contributed by atoms with E-state index in [2.05, 4.69) is 17.1 Å². The van der Waals surface area contributed by atoms with E-state index in [1.807, 2.05) is 48.1 Å². The minimum Gasteiger partial charge on any atom is -0.491 e. The number of carboxylic acids is 1. The Morgan fingerprint density at radius 2 is 1.97 bits per heavy atom. The number of amides is 1. The van der Waals surface area contributed by atoms with Crippen molar-refractivity contribution < 1.29 is 19.4 Å². The first-order valence-electron chi connectivity index (χ1n) is 9.21. The van der Waals surface area contributed by atoms with E-state index in [1.165, 1.54) is 0 Å². The summed E-state index contributed by atoms with van der Waals surface area (Å²) < 4.78 is 7.99. The van der Waals surface area contributed by atoms with Crippen LogP contribution < -0.4 is 4.74 Å². The number of carbonyl (C=O) groups is 2. The van der Waals surface area contributed by atoms with Crippen LogP contribution in [0.25, 0.3) is 11.1 Å². The van der Waals surface area contributed by atoms with E-state index >= 15 is 0 Å². The molecule has 2 heterocycles. The molecular weight excluding hydrogens is 370 g/mol. The van der Waals surface area contributed by atoms with Gasteiger partial charge in [-0.05, 0) is 29.3 Å². The molecule has 1 amide bonds. The van der Waals surface area contributed by atoms with Gasteiger partial charge in [0.05, 0.1) is 12.9 Å². The number of carbonyl (C=O) groups excluding carboxylic acids is 1. The summed E-state index contributed by atoms with van der Waals surface area (Å²) in [5.41, 5.74) is 3.97. The number of fused-ring (bicyclic) bond motifs is 1. The van der Waals surface area contributed by atoms with Gasteiger partial charge < -0.3 is 19.3 Å². The SMILES string of the molecule is CC(=O)O.CN1Cc2cc(-c3ccccc3OCCn3ccnc3)ccc2C1=O. The first-order chi connectivity index (χ1) is 14.0. The molecule has 0 spiro atoms. The molecule has 150 valence electrons. The predicted octanol–water partition coefficient (Wildman–Crippen LogP) is 3.31. The van der Waals surface area contributed by atoms with Gasteiger partial charge in [0.15, 0.2) is 0 Å². The van der Waals surface area contributed by atoms with Crippen molar-refractivity contribution in [1.29, 1.82) is 0 Å². The average Bonchev–Trinajstić information content (AvgIpc) is 3.30. The number of benzene rings is 2. The molecule has 0 fully saturated rings. The van der Waals surface area contributed by atoms with Gasteiger partial charge in [0.2, 0.25) is 0 Å². The van der Waals surface area contributed by atoms with Gasteiger partial charge in [-0.2, -0.15) is 0 Å². The average molecular weight is 393 g/mol. The molecule has 1 aliphatic rings. The zero-order valence-electron chi connectivity index (χ0n) is 16.4. The number of para-hydroxylation sites is 1. The van der Waals surface area contributed by atoms with Crippen molar-refractivity contribution in [2.24, 2.45) is 0 Å². The second kappa shape index (κ2) is 9.05. The fourth-order valence-electron chi connectivity index (χ4n) is 3.14. The van der Waals surface area contributed by atoms with Gasteiger partial charge in [-0.3, -0.25) is 9.59 Å². The van der Waals surface area contributed by atoms with Gasteiger partial charge >= 0.3 is 0 Å². The highest BCUT2D eigenvalue weighted by atomic mass is 16.5. The molecule has 1 aromatic heterocycles. The van der Waals surface area contributed by atoms with Crippen LogP contribution in [-0.4, -0.2) is 45.1 Å². The molecule has 1 aliphatic heterocycles. The molecule has 0 saturated heterocycles. The summed E-state index contributed by atoms with van der Waals surface area (Å²) in [6.45, 7) is 3.06. The Morgan fingerprint density at radius 1 is 1.21 bits per heavy atom. The van der Waals surface area contributed by atoms with Crippen molar-refractivity contribution in [1.82, 2.24) is 14.5 Å². The van der Waals surface area contributed by atoms with Crippen LogP contribution in [0.3, 0.4) is 0 Å². The number of nitrogens with zero attached hydrogens (tertiary/aromatic N) is 3. The standard InChI is InChI=1S/C20H19N3O2.C2H4O2/c1-22-13-16-12-15(6-7-18(16)20(22)24)17-4-2-3-5-19(17)25-11-10-23-9-8-21-14-23;1-2(3)4/h2-9,12,14H,10-11,13H2,1H3;1H3,(H,3,4). The van der Waals surface area contributed by atoms with Crippen LogP contribution in [-0.2, 0) is 17.9 Å². The van der Waals surface area contributed by atoms with Gasteiger partial charge in [0.25, 0.3) is 11.9 Å². The molecule has 29 heavy (non-hydrogen) atoms. The van der Waals surface area contributed by atoms with Gasteiger partial charge in [-0.15, -0.1) is 0 Å². The number of imidazole rings is 1. The minimum absolute atomic E-state index is 0.0893. The van der Waals surface area contributed by atoms with Gasteiger partial charge in [0.1, 0.15) is 12.4 Å².